The molecule has 1 aliphatic heterocycles. The molecular weight excluding hydrogens is 484 g/mol. The predicted molar refractivity (Wildman–Crippen MR) is 124 cm³/mol. The predicted octanol–water partition coefficient (Wildman–Crippen LogP) is 3.58. The fourth-order valence-corrected chi connectivity index (χ4v) is 5.97. The Labute approximate surface area is 191 Å². The van der Waals surface area contributed by atoms with Gasteiger partial charge in [-0.25, -0.2) is 8.42 Å². The summed E-state index contributed by atoms with van der Waals surface area (Å²) >= 11 is 3.36. The molecule has 2 amide bonds. The van der Waals surface area contributed by atoms with Crippen LogP contribution in [0.3, 0.4) is 0 Å². The fourth-order valence-electron chi connectivity index (χ4n) is 3.53. The van der Waals surface area contributed by atoms with E-state index in [9.17, 15) is 18.0 Å². The van der Waals surface area contributed by atoms with Crippen molar-refractivity contribution in [3.05, 3.63) is 46.4 Å². The van der Waals surface area contributed by atoms with E-state index in [-0.39, 0.29) is 28.9 Å². The molecule has 0 aliphatic carbocycles. The van der Waals surface area contributed by atoms with Crippen LogP contribution in [0, 0.1) is 0 Å². The number of fused-ring (bicyclic) bond motifs is 1. The van der Waals surface area contributed by atoms with Crippen LogP contribution in [-0.2, 0) is 25.8 Å². The zero-order valence-corrected chi connectivity index (χ0v) is 20.1. The molecule has 0 radical (unpaired) electrons. The number of hydrogen-bond acceptors (Lipinski definition) is 5. The van der Waals surface area contributed by atoms with Crippen molar-refractivity contribution in [3.8, 4) is 5.75 Å². The highest BCUT2D eigenvalue weighted by Crippen LogP contribution is 2.36. The molecular formula is C22H25BrN2O5S. The summed E-state index contributed by atoms with van der Waals surface area (Å²) in [5.41, 5.74) is 2.22. The van der Waals surface area contributed by atoms with Gasteiger partial charge in [0.25, 0.3) is 0 Å². The Hall–Kier alpha value is -2.39. The number of sulfone groups is 1. The van der Waals surface area contributed by atoms with Crippen LogP contribution in [0.2, 0.25) is 0 Å². The van der Waals surface area contributed by atoms with Gasteiger partial charge in [-0.2, -0.15) is 0 Å². The van der Waals surface area contributed by atoms with Crippen molar-refractivity contribution in [1.82, 2.24) is 0 Å². The molecule has 0 unspecified atom stereocenters. The van der Waals surface area contributed by atoms with E-state index >= 15 is 0 Å². The highest BCUT2D eigenvalue weighted by molar-refractivity contribution is 9.10. The van der Waals surface area contributed by atoms with E-state index in [4.69, 9.17) is 4.74 Å². The molecule has 3 rings (SSSR count). The standard InChI is InChI=1S/C22H25BrN2O5S/c1-4-21(26)25-11-9-15-13-18(23)20(14-19(15)25)31(28,29)12-10-22(27)24(2)16-5-7-17(30-3)8-6-16/h5-8,13-14H,4,9-12H2,1-3H3. The fraction of sp³-hybridized carbons (Fsp3) is 0.364. The number of ether oxygens (including phenoxy) is 1. The van der Waals surface area contributed by atoms with Gasteiger partial charge < -0.3 is 14.5 Å². The molecule has 9 heteroatoms. The highest BCUT2D eigenvalue weighted by Gasteiger charge is 2.28. The number of rotatable bonds is 7. The lowest BCUT2D eigenvalue weighted by molar-refractivity contribution is -0.118. The molecule has 0 bridgehead atoms. The third kappa shape index (κ3) is 4.93. The lowest BCUT2D eigenvalue weighted by Crippen LogP contribution is -2.28. The number of benzene rings is 2. The van der Waals surface area contributed by atoms with Crippen molar-refractivity contribution in [1.29, 1.82) is 0 Å². The average molecular weight is 509 g/mol. The van der Waals surface area contributed by atoms with E-state index in [1.165, 1.54) is 4.90 Å². The molecule has 2 aromatic carbocycles. The number of methoxy groups -OCH3 is 1. The lowest BCUT2D eigenvalue weighted by Gasteiger charge is -2.19. The molecule has 31 heavy (non-hydrogen) atoms. The van der Waals surface area contributed by atoms with E-state index in [0.717, 1.165) is 5.56 Å². The number of anilines is 2. The molecule has 0 fully saturated rings. The summed E-state index contributed by atoms with van der Waals surface area (Å²) in [6.07, 6.45) is 0.876. The van der Waals surface area contributed by atoms with Gasteiger partial charge in [0.1, 0.15) is 5.75 Å². The van der Waals surface area contributed by atoms with Gasteiger partial charge in [-0.15, -0.1) is 0 Å². The Morgan fingerprint density at radius 2 is 1.87 bits per heavy atom. The Morgan fingerprint density at radius 1 is 1.19 bits per heavy atom. The number of carbonyl (C=O) groups is 2. The van der Waals surface area contributed by atoms with E-state index in [2.05, 4.69) is 15.9 Å². The summed E-state index contributed by atoms with van der Waals surface area (Å²) in [6.45, 7) is 2.32. The Morgan fingerprint density at radius 3 is 2.48 bits per heavy atom. The number of nitrogens with zero attached hydrogens (tertiary/aromatic N) is 2. The highest BCUT2D eigenvalue weighted by atomic mass is 79.9. The minimum atomic E-state index is -3.74. The minimum Gasteiger partial charge on any atom is -0.497 e. The first-order chi connectivity index (χ1) is 14.7. The van der Waals surface area contributed by atoms with Crippen LogP contribution in [0.4, 0.5) is 11.4 Å². The summed E-state index contributed by atoms with van der Waals surface area (Å²) < 4.78 is 31.6. The first-order valence-corrected chi connectivity index (χ1v) is 12.4. The van der Waals surface area contributed by atoms with Gasteiger partial charge in [0, 0.05) is 42.3 Å². The lowest BCUT2D eigenvalue weighted by atomic mass is 10.2. The van der Waals surface area contributed by atoms with Crippen LogP contribution in [0.5, 0.6) is 5.75 Å². The van der Waals surface area contributed by atoms with Crippen molar-refractivity contribution in [2.45, 2.75) is 31.1 Å². The third-order valence-corrected chi connectivity index (χ3v) is 8.05. The van der Waals surface area contributed by atoms with Crippen molar-refractivity contribution in [3.63, 3.8) is 0 Å². The van der Waals surface area contributed by atoms with E-state index < -0.39 is 9.84 Å². The van der Waals surface area contributed by atoms with Gasteiger partial charge in [0.15, 0.2) is 9.84 Å². The summed E-state index contributed by atoms with van der Waals surface area (Å²) in [7, 11) is -0.576. The van der Waals surface area contributed by atoms with Crippen LogP contribution in [0.15, 0.2) is 45.8 Å². The Kier molecular flexibility index (Phi) is 7.06. The van der Waals surface area contributed by atoms with Crippen LogP contribution >= 0.6 is 15.9 Å². The first kappa shape index (κ1) is 23.3. The second kappa shape index (κ2) is 9.40. The Bertz CT molecular complexity index is 1100. The molecule has 7 nitrogen and oxygen atoms in total. The molecule has 1 heterocycles. The SMILES string of the molecule is CCC(=O)N1CCc2cc(Br)c(S(=O)(=O)CCC(=O)N(C)c3ccc(OC)cc3)cc21. The van der Waals surface area contributed by atoms with Crippen molar-refractivity contribution in [2.24, 2.45) is 0 Å². The van der Waals surface area contributed by atoms with Crippen LogP contribution in [-0.4, -0.2) is 46.7 Å². The summed E-state index contributed by atoms with van der Waals surface area (Å²) in [6, 6.07) is 10.3. The summed E-state index contributed by atoms with van der Waals surface area (Å²) in [5.74, 6) is -0.00964. The molecule has 0 saturated carbocycles. The van der Waals surface area contributed by atoms with E-state index in [1.807, 2.05) is 0 Å². The first-order valence-electron chi connectivity index (χ1n) is 9.94. The molecule has 1 aliphatic rings. The summed E-state index contributed by atoms with van der Waals surface area (Å²) in [5, 5.41) is 0. The van der Waals surface area contributed by atoms with Crippen molar-refractivity contribution < 1.29 is 22.7 Å². The van der Waals surface area contributed by atoms with Crippen LogP contribution in [0.25, 0.3) is 0 Å². The largest absolute Gasteiger partial charge is 0.497 e. The second-order valence-corrected chi connectivity index (χ2v) is 10.2. The second-order valence-electron chi connectivity index (χ2n) is 7.28. The zero-order valence-electron chi connectivity index (χ0n) is 17.7. The zero-order chi connectivity index (χ0) is 22.8. The van der Waals surface area contributed by atoms with E-state index in [1.54, 1.807) is 62.4 Å². The maximum atomic E-state index is 13.0. The third-order valence-electron chi connectivity index (χ3n) is 5.39. The van der Waals surface area contributed by atoms with Gasteiger partial charge >= 0.3 is 0 Å². The Balaban J connectivity index is 1.76. The average Bonchev–Trinajstić information content (AvgIpc) is 3.18. The number of amides is 2. The molecule has 0 N–H and O–H groups in total. The van der Waals surface area contributed by atoms with Crippen LogP contribution in [0.1, 0.15) is 25.3 Å². The normalized spacial score (nSPS) is 13.1. The quantitative estimate of drug-likeness (QED) is 0.570. The van der Waals surface area contributed by atoms with E-state index in [0.29, 0.717) is 41.0 Å². The van der Waals surface area contributed by atoms with Crippen LogP contribution < -0.4 is 14.5 Å². The number of halogens is 1. The van der Waals surface area contributed by atoms with Gasteiger partial charge in [-0.1, -0.05) is 6.92 Å². The van der Waals surface area contributed by atoms with Crippen molar-refractivity contribution in [2.75, 3.05) is 36.3 Å². The number of hydrogen-bond donors (Lipinski definition) is 0. The van der Waals surface area contributed by atoms with Gasteiger partial charge in [0.05, 0.1) is 17.8 Å². The van der Waals surface area contributed by atoms with Gasteiger partial charge in [-0.3, -0.25) is 9.59 Å². The molecule has 166 valence electrons. The molecule has 0 spiro atoms. The maximum absolute atomic E-state index is 13.0. The van der Waals surface area contributed by atoms with Crippen molar-refractivity contribution >= 4 is 49.0 Å². The monoisotopic (exact) mass is 508 g/mol. The topological polar surface area (TPSA) is 84.0 Å². The molecule has 2 aromatic rings. The molecule has 0 saturated heterocycles. The van der Waals surface area contributed by atoms with Gasteiger partial charge in [0.2, 0.25) is 11.8 Å². The maximum Gasteiger partial charge on any atom is 0.227 e. The molecule has 0 aromatic heterocycles. The summed E-state index contributed by atoms with van der Waals surface area (Å²) in [4.78, 5) is 27.9. The smallest absolute Gasteiger partial charge is 0.227 e. The number of carbonyl (C=O) groups excluding carboxylic acids is 2. The molecule has 0 atom stereocenters. The minimum absolute atomic E-state index is 0.0410. The van der Waals surface area contributed by atoms with Gasteiger partial charge in [-0.05, 0) is 64.3 Å².